The third-order valence-corrected chi connectivity index (χ3v) is 3.52. The molecule has 0 radical (unpaired) electrons. The van der Waals surface area contributed by atoms with Crippen LogP contribution in [-0.2, 0) is 4.79 Å². The van der Waals surface area contributed by atoms with Crippen molar-refractivity contribution in [1.82, 2.24) is 10.9 Å². The number of carbonyl (C=O) groups excluding carboxylic acids is 2. The molecule has 5 heteroatoms. The largest absolute Gasteiger partial charge is 0.337 e. The number of amides is 3. The van der Waals surface area contributed by atoms with Gasteiger partial charge in [0, 0.05) is 11.6 Å². The maximum atomic E-state index is 11.8. The molecule has 0 spiro atoms. The van der Waals surface area contributed by atoms with E-state index in [4.69, 9.17) is 0 Å². The molecular formula is C15H21N3O2. The van der Waals surface area contributed by atoms with E-state index in [9.17, 15) is 9.59 Å². The summed E-state index contributed by atoms with van der Waals surface area (Å²) in [4.78, 5) is 23.4. The number of urea groups is 1. The van der Waals surface area contributed by atoms with Gasteiger partial charge in [0.15, 0.2) is 0 Å². The van der Waals surface area contributed by atoms with Crippen LogP contribution in [0.1, 0.15) is 32.6 Å². The molecule has 20 heavy (non-hydrogen) atoms. The number of hydrazine groups is 1. The van der Waals surface area contributed by atoms with Crippen molar-refractivity contribution in [2.45, 2.75) is 32.6 Å². The van der Waals surface area contributed by atoms with Crippen molar-refractivity contribution >= 4 is 17.6 Å². The Kier molecular flexibility index (Phi) is 4.98. The Balaban J connectivity index is 1.65. The van der Waals surface area contributed by atoms with Crippen molar-refractivity contribution in [3.05, 3.63) is 30.3 Å². The zero-order valence-corrected chi connectivity index (χ0v) is 11.7. The second kappa shape index (κ2) is 6.93. The maximum Gasteiger partial charge on any atom is 0.337 e. The minimum absolute atomic E-state index is 0.0681. The van der Waals surface area contributed by atoms with Crippen molar-refractivity contribution in [2.75, 3.05) is 5.32 Å². The van der Waals surface area contributed by atoms with Crippen molar-refractivity contribution in [3.8, 4) is 0 Å². The number of benzene rings is 1. The highest BCUT2D eigenvalue weighted by atomic mass is 16.2. The molecule has 1 aliphatic carbocycles. The number of hydrogen-bond acceptors (Lipinski definition) is 2. The maximum absolute atomic E-state index is 11.8. The average molecular weight is 275 g/mol. The molecule has 5 nitrogen and oxygen atoms in total. The molecule has 3 N–H and O–H groups in total. The van der Waals surface area contributed by atoms with E-state index in [1.165, 1.54) is 0 Å². The number of para-hydroxylation sites is 1. The summed E-state index contributed by atoms with van der Waals surface area (Å²) < 4.78 is 0. The van der Waals surface area contributed by atoms with Crippen LogP contribution in [-0.4, -0.2) is 11.9 Å². The van der Waals surface area contributed by atoms with Gasteiger partial charge in [0.2, 0.25) is 5.91 Å². The van der Waals surface area contributed by atoms with Crippen LogP contribution in [0.4, 0.5) is 10.5 Å². The van der Waals surface area contributed by atoms with Gasteiger partial charge in [0.25, 0.3) is 0 Å². The summed E-state index contributed by atoms with van der Waals surface area (Å²) in [5, 5.41) is 2.64. The van der Waals surface area contributed by atoms with E-state index >= 15 is 0 Å². The molecule has 1 saturated carbocycles. The van der Waals surface area contributed by atoms with Crippen molar-refractivity contribution < 1.29 is 9.59 Å². The number of carbonyl (C=O) groups is 2. The zero-order valence-electron chi connectivity index (χ0n) is 11.7. The number of hydrogen-bond donors (Lipinski definition) is 3. The predicted octanol–water partition coefficient (Wildman–Crippen LogP) is 2.67. The Morgan fingerprint density at radius 3 is 2.65 bits per heavy atom. The minimum atomic E-state index is -0.435. The standard InChI is InChI=1S/C15H21N3O2/c1-2-3-7-11-10-13(11)14(19)17-18-15(20)16-12-8-5-4-6-9-12/h4-6,8-9,11,13H,2-3,7,10H2,1H3,(H,17,19)(H2,16,18,20)/t11-,13-/m0/s1. The monoisotopic (exact) mass is 275 g/mol. The van der Waals surface area contributed by atoms with Gasteiger partial charge in [-0.15, -0.1) is 0 Å². The Morgan fingerprint density at radius 2 is 1.95 bits per heavy atom. The lowest BCUT2D eigenvalue weighted by Gasteiger charge is -2.08. The van der Waals surface area contributed by atoms with E-state index in [1.807, 2.05) is 18.2 Å². The molecule has 0 aliphatic heterocycles. The van der Waals surface area contributed by atoms with Crippen molar-refractivity contribution in [1.29, 1.82) is 0 Å². The molecule has 1 aromatic carbocycles. The molecule has 3 amide bonds. The second-order valence-corrected chi connectivity index (χ2v) is 5.18. The first kappa shape index (κ1) is 14.4. The highest BCUT2D eigenvalue weighted by molar-refractivity contribution is 5.91. The molecule has 1 aromatic rings. The first-order chi connectivity index (χ1) is 9.70. The van der Waals surface area contributed by atoms with Crippen LogP contribution < -0.4 is 16.2 Å². The molecule has 108 valence electrons. The van der Waals surface area contributed by atoms with E-state index in [2.05, 4.69) is 23.1 Å². The molecule has 0 bridgehead atoms. The van der Waals surface area contributed by atoms with Crippen LogP contribution in [0.15, 0.2) is 30.3 Å². The van der Waals surface area contributed by atoms with Crippen LogP contribution >= 0.6 is 0 Å². The summed E-state index contributed by atoms with van der Waals surface area (Å²) in [5.74, 6) is 0.474. The smallest absolute Gasteiger partial charge is 0.307 e. The first-order valence-corrected chi connectivity index (χ1v) is 7.12. The van der Waals surface area contributed by atoms with Gasteiger partial charge in [-0.2, -0.15) is 0 Å². The summed E-state index contributed by atoms with van der Waals surface area (Å²) >= 11 is 0. The van der Waals surface area contributed by atoms with E-state index in [1.54, 1.807) is 12.1 Å². The normalized spacial score (nSPS) is 20.1. The average Bonchev–Trinajstić information content (AvgIpc) is 3.23. The number of anilines is 1. The highest BCUT2D eigenvalue weighted by Gasteiger charge is 2.42. The fourth-order valence-electron chi connectivity index (χ4n) is 2.25. The first-order valence-electron chi connectivity index (χ1n) is 7.12. The Hall–Kier alpha value is -2.04. The summed E-state index contributed by atoms with van der Waals surface area (Å²) in [6.45, 7) is 2.15. The van der Waals surface area contributed by atoms with Crippen LogP contribution in [0, 0.1) is 11.8 Å². The molecule has 2 atom stereocenters. The molecule has 0 saturated heterocycles. The summed E-state index contributed by atoms with van der Waals surface area (Å²) in [7, 11) is 0. The van der Waals surface area contributed by atoms with Crippen molar-refractivity contribution in [3.63, 3.8) is 0 Å². The van der Waals surface area contributed by atoms with Gasteiger partial charge in [-0.05, 0) is 30.9 Å². The zero-order chi connectivity index (χ0) is 14.4. The number of nitrogens with one attached hydrogen (secondary N) is 3. The molecule has 0 aromatic heterocycles. The molecular weight excluding hydrogens is 254 g/mol. The van der Waals surface area contributed by atoms with Crippen LogP contribution in [0.25, 0.3) is 0 Å². The summed E-state index contributed by atoms with van der Waals surface area (Å²) in [5.41, 5.74) is 5.54. The van der Waals surface area contributed by atoms with Crippen LogP contribution in [0.3, 0.4) is 0 Å². The highest BCUT2D eigenvalue weighted by Crippen LogP contribution is 2.42. The van der Waals surface area contributed by atoms with Crippen LogP contribution in [0.2, 0.25) is 0 Å². The van der Waals surface area contributed by atoms with Gasteiger partial charge in [-0.3, -0.25) is 10.2 Å². The summed E-state index contributed by atoms with van der Waals surface area (Å²) in [6, 6.07) is 8.66. The lowest BCUT2D eigenvalue weighted by Crippen LogP contribution is -2.44. The molecule has 0 heterocycles. The van der Waals surface area contributed by atoms with Gasteiger partial charge >= 0.3 is 6.03 Å². The van der Waals surface area contributed by atoms with Gasteiger partial charge in [0.1, 0.15) is 0 Å². The van der Waals surface area contributed by atoms with E-state index < -0.39 is 6.03 Å². The van der Waals surface area contributed by atoms with Gasteiger partial charge in [0.05, 0.1) is 0 Å². The SMILES string of the molecule is CCCC[C@H]1C[C@@H]1C(=O)NNC(=O)Nc1ccccc1. The van der Waals surface area contributed by atoms with Crippen LogP contribution in [0.5, 0.6) is 0 Å². The lowest BCUT2D eigenvalue weighted by atomic mass is 10.1. The van der Waals surface area contributed by atoms with E-state index in [-0.39, 0.29) is 11.8 Å². The van der Waals surface area contributed by atoms with E-state index in [0.717, 1.165) is 25.7 Å². The number of rotatable bonds is 5. The van der Waals surface area contributed by atoms with E-state index in [0.29, 0.717) is 11.6 Å². The van der Waals surface area contributed by atoms with Crippen molar-refractivity contribution in [2.24, 2.45) is 11.8 Å². The molecule has 1 fully saturated rings. The Bertz CT molecular complexity index is 461. The minimum Gasteiger partial charge on any atom is -0.307 e. The fourth-order valence-corrected chi connectivity index (χ4v) is 2.25. The number of unbranched alkanes of at least 4 members (excludes halogenated alkanes) is 1. The molecule has 2 rings (SSSR count). The fraction of sp³-hybridized carbons (Fsp3) is 0.467. The topological polar surface area (TPSA) is 70.2 Å². The second-order valence-electron chi connectivity index (χ2n) is 5.18. The summed E-state index contributed by atoms with van der Waals surface area (Å²) in [6.07, 6.45) is 4.36. The Morgan fingerprint density at radius 1 is 1.20 bits per heavy atom. The molecule has 1 aliphatic rings. The third kappa shape index (κ3) is 4.26. The van der Waals surface area contributed by atoms with Gasteiger partial charge in [-0.1, -0.05) is 38.0 Å². The predicted molar refractivity (Wildman–Crippen MR) is 77.9 cm³/mol. The lowest BCUT2D eigenvalue weighted by molar-refractivity contribution is -0.123. The van der Waals surface area contributed by atoms with Gasteiger partial charge < -0.3 is 5.32 Å². The Labute approximate surface area is 119 Å². The third-order valence-electron chi connectivity index (χ3n) is 3.52. The molecule has 0 unspecified atom stereocenters. The quantitative estimate of drug-likeness (QED) is 0.723. The van der Waals surface area contributed by atoms with Gasteiger partial charge in [-0.25, -0.2) is 10.2 Å².